The van der Waals surface area contributed by atoms with Crippen LogP contribution in [0.15, 0.2) is 54.6 Å². The van der Waals surface area contributed by atoms with E-state index in [2.05, 4.69) is 0 Å². The number of hydrogen-bond donors (Lipinski definition) is 7. The Balaban J connectivity index is 0.000000689. The third-order valence-electron chi connectivity index (χ3n) is 7.19. The lowest BCUT2D eigenvalue weighted by Crippen LogP contribution is -2.12. The molecule has 0 unspecified atom stereocenters. The van der Waals surface area contributed by atoms with E-state index in [0.717, 1.165) is 33.4 Å². The Bertz CT molecular complexity index is 1350. The van der Waals surface area contributed by atoms with Crippen LogP contribution in [0.3, 0.4) is 0 Å². The van der Waals surface area contributed by atoms with Gasteiger partial charge in [-0.1, -0.05) is 84.0 Å². The second kappa shape index (κ2) is 24.1. The van der Waals surface area contributed by atoms with Crippen LogP contribution < -0.4 is 0 Å². The van der Waals surface area contributed by atoms with E-state index in [1.54, 1.807) is 24.3 Å². The molecule has 0 spiro atoms. The number of hydrogen-bond acceptors (Lipinski definition) is 9. The van der Waals surface area contributed by atoms with Gasteiger partial charge in [0.25, 0.3) is 0 Å². The van der Waals surface area contributed by atoms with E-state index in [4.69, 9.17) is 35.0 Å². The number of carboxylic acids is 2. The highest BCUT2D eigenvalue weighted by Crippen LogP contribution is 2.35. The number of phenols is 3. The van der Waals surface area contributed by atoms with Crippen LogP contribution in [0.5, 0.6) is 17.2 Å². The molecule has 0 aliphatic carbocycles. The largest absolute Gasteiger partial charge is 0.508 e. The molecular weight excluding hydrogens is 656 g/mol. The molecule has 0 heterocycles. The highest BCUT2D eigenvalue weighted by Gasteiger charge is 2.21. The van der Waals surface area contributed by atoms with Gasteiger partial charge >= 0.3 is 11.9 Å². The number of rotatable bonds is 13. The Morgan fingerprint density at radius 1 is 0.588 bits per heavy atom. The SMILES string of the molecule is Cc1cc(CCC(=O)O)cc(C(C)(C)C)c1O.Cc1cc(CCC(=O)O)cc(C(C)(C)C)c1O.OCCOCCOCCO.Oc1ccccc1. The predicted molar refractivity (Wildman–Crippen MR) is 199 cm³/mol. The summed E-state index contributed by atoms with van der Waals surface area (Å²) in [6.45, 7) is 17.6. The maximum absolute atomic E-state index is 10.6. The summed E-state index contributed by atoms with van der Waals surface area (Å²) in [5, 5.41) is 62.6. The van der Waals surface area contributed by atoms with Gasteiger partial charge in [0.05, 0.1) is 39.6 Å². The van der Waals surface area contributed by atoms with Gasteiger partial charge in [-0.3, -0.25) is 9.59 Å². The first-order valence-corrected chi connectivity index (χ1v) is 16.9. The molecule has 0 aliphatic heterocycles. The van der Waals surface area contributed by atoms with Crippen molar-refractivity contribution in [2.75, 3.05) is 39.6 Å². The first-order chi connectivity index (χ1) is 23.7. The van der Waals surface area contributed by atoms with Crippen molar-refractivity contribution in [2.24, 2.45) is 0 Å². The van der Waals surface area contributed by atoms with Crippen molar-refractivity contribution in [2.45, 2.75) is 91.9 Å². The van der Waals surface area contributed by atoms with Crippen LogP contribution in [0, 0.1) is 13.8 Å². The van der Waals surface area contributed by atoms with E-state index in [9.17, 15) is 19.8 Å². The van der Waals surface area contributed by atoms with E-state index in [1.165, 1.54) is 0 Å². The second-order valence-electron chi connectivity index (χ2n) is 13.9. The van der Waals surface area contributed by atoms with Gasteiger partial charge in [-0.25, -0.2) is 0 Å². The molecule has 3 rings (SSSR count). The number of aliphatic carboxylic acids is 2. The zero-order valence-electron chi connectivity index (χ0n) is 31.5. The van der Waals surface area contributed by atoms with Crippen molar-refractivity contribution in [3.05, 3.63) is 88.0 Å². The molecule has 0 aromatic heterocycles. The number of aliphatic hydroxyl groups is 2. The fourth-order valence-electron chi connectivity index (χ4n) is 4.52. The second-order valence-corrected chi connectivity index (χ2v) is 13.9. The van der Waals surface area contributed by atoms with Crippen molar-refractivity contribution in [3.63, 3.8) is 0 Å². The lowest BCUT2D eigenvalue weighted by Gasteiger charge is -2.22. The Morgan fingerprint density at radius 2 is 0.941 bits per heavy atom. The minimum Gasteiger partial charge on any atom is -0.508 e. The summed E-state index contributed by atoms with van der Waals surface area (Å²) in [6.07, 6.45) is 1.24. The van der Waals surface area contributed by atoms with Crippen molar-refractivity contribution in [1.82, 2.24) is 0 Å². The molecule has 51 heavy (non-hydrogen) atoms. The molecule has 0 aliphatic rings. The Morgan fingerprint density at radius 3 is 1.20 bits per heavy atom. The number of para-hydroxylation sites is 1. The number of carbonyl (C=O) groups is 2. The molecule has 0 radical (unpaired) electrons. The topological polar surface area (TPSA) is 194 Å². The maximum atomic E-state index is 10.6. The van der Waals surface area contributed by atoms with Gasteiger partial charge in [0.2, 0.25) is 0 Å². The molecule has 0 fully saturated rings. The van der Waals surface area contributed by atoms with Crippen molar-refractivity contribution in [3.8, 4) is 17.2 Å². The lowest BCUT2D eigenvalue weighted by molar-refractivity contribution is -0.138. The molecule has 3 aromatic carbocycles. The van der Waals surface area contributed by atoms with E-state index in [1.807, 2.05) is 85.7 Å². The molecule has 0 atom stereocenters. The Hall–Kier alpha value is -4.16. The summed E-state index contributed by atoms with van der Waals surface area (Å²) < 4.78 is 9.75. The van der Waals surface area contributed by atoms with Crippen LogP contribution in [0.1, 0.15) is 87.8 Å². The molecule has 0 saturated heterocycles. The zero-order chi connectivity index (χ0) is 39.2. The van der Waals surface area contributed by atoms with Crippen molar-refractivity contribution < 1.29 is 54.8 Å². The molecule has 11 heteroatoms. The van der Waals surface area contributed by atoms with Gasteiger partial charge < -0.3 is 45.2 Å². The van der Waals surface area contributed by atoms with Crippen LogP contribution >= 0.6 is 0 Å². The van der Waals surface area contributed by atoms with Crippen molar-refractivity contribution in [1.29, 1.82) is 0 Å². The number of aliphatic hydroxyl groups excluding tert-OH is 2. The maximum Gasteiger partial charge on any atom is 0.303 e. The average molecular weight is 717 g/mol. The number of aryl methyl sites for hydroxylation is 4. The molecule has 0 amide bonds. The van der Waals surface area contributed by atoms with Crippen LogP contribution in [-0.2, 0) is 42.7 Å². The highest BCUT2D eigenvalue weighted by atomic mass is 16.5. The number of benzene rings is 3. The normalized spacial score (nSPS) is 10.9. The molecule has 0 bridgehead atoms. The minimum absolute atomic E-state index is 0.0417. The van der Waals surface area contributed by atoms with E-state index in [-0.39, 0.29) is 36.9 Å². The number of carboxylic acid groups (broad SMARTS) is 2. The Labute approximate surface area is 303 Å². The summed E-state index contributed by atoms with van der Waals surface area (Å²) >= 11 is 0. The quantitative estimate of drug-likeness (QED) is 0.0964. The van der Waals surface area contributed by atoms with E-state index >= 15 is 0 Å². The third kappa shape index (κ3) is 21.0. The summed E-state index contributed by atoms with van der Waals surface area (Å²) in [7, 11) is 0. The summed E-state index contributed by atoms with van der Waals surface area (Å²) in [5.74, 6) is -0.642. The predicted octanol–water partition coefficient (Wildman–Crippen LogP) is 6.43. The molecule has 11 nitrogen and oxygen atoms in total. The highest BCUT2D eigenvalue weighted by molar-refractivity contribution is 5.67. The summed E-state index contributed by atoms with van der Waals surface area (Å²) in [6, 6.07) is 16.2. The van der Waals surface area contributed by atoms with Crippen LogP contribution in [0.25, 0.3) is 0 Å². The fraction of sp³-hybridized carbons (Fsp3) is 0.500. The molecular formula is C40H60O11. The molecule has 286 valence electrons. The van der Waals surface area contributed by atoms with Crippen LogP contribution in [0.2, 0.25) is 0 Å². The fourth-order valence-corrected chi connectivity index (χ4v) is 4.52. The first-order valence-electron chi connectivity index (χ1n) is 16.9. The van der Waals surface area contributed by atoms with Gasteiger partial charge in [-0.15, -0.1) is 0 Å². The number of aromatic hydroxyl groups is 3. The zero-order valence-corrected chi connectivity index (χ0v) is 31.5. The van der Waals surface area contributed by atoms with Gasteiger partial charge in [0, 0.05) is 12.8 Å². The van der Waals surface area contributed by atoms with Crippen molar-refractivity contribution >= 4 is 11.9 Å². The average Bonchev–Trinajstić information content (AvgIpc) is 3.04. The third-order valence-corrected chi connectivity index (χ3v) is 7.19. The van der Waals surface area contributed by atoms with Gasteiger partial charge in [-0.05, 0) is 83.0 Å². The molecule has 7 N–H and O–H groups in total. The smallest absolute Gasteiger partial charge is 0.303 e. The summed E-state index contributed by atoms with van der Waals surface area (Å²) in [4.78, 5) is 21.1. The van der Waals surface area contributed by atoms with Gasteiger partial charge in [0.15, 0.2) is 0 Å². The molecule has 0 saturated carbocycles. The van der Waals surface area contributed by atoms with Gasteiger partial charge in [0.1, 0.15) is 17.2 Å². The number of ether oxygens (including phenoxy) is 2. The van der Waals surface area contributed by atoms with E-state index < -0.39 is 11.9 Å². The first kappa shape index (κ1) is 46.8. The van der Waals surface area contributed by atoms with E-state index in [0.29, 0.717) is 56.5 Å². The standard InChI is InChI=1S/2C14H20O3.C6H14O4.C6H6O/c2*1-9-7-10(5-6-12(15)16)8-11(13(9)17)14(2,3)4;7-1-3-9-5-6-10-4-2-8;7-6-4-2-1-3-5-6/h2*7-8,17H,5-6H2,1-4H3,(H,15,16);7-8H,1-6H2;1-5,7H. The minimum atomic E-state index is -0.798. The lowest BCUT2D eigenvalue weighted by atomic mass is 9.83. The monoisotopic (exact) mass is 716 g/mol. The Kier molecular flexibility index (Phi) is 22.1. The van der Waals surface area contributed by atoms with Crippen LogP contribution in [-0.4, -0.2) is 87.3 Å². The van der Waals surface area contributed by atoms with Crippen LogP contribution in [0.4, 0.5) is 0 Å². The summed E-state index contributed by atoms with van der Waals surface area (Å²) in [5.41, 5.74) is 4.99. The number of phenolic OH excluding ortho intramolecular Hbond substituents is 3. The molecule has 3 aromatic rings. The van der Waals surface area contributed by atoms with Gasteiger partial charge in [-0.2, -0.15) is 0 Å².